The topological polar surface area (TPSA) is 63.9 Å². The number of aromatic amines is 1. The molecule has 0 aliphatic carbocycles. The lowest BCUT2D eigenvalue weighted by atomic mass is 10.1. The molecule has 1 aromatic heterocycles. The molecule has 3 rings (SSSR count). The summed E-state index contributed by atoms with van der Waals surface area (Å²) < 4.78 is 6.16. The van der Waals surface area contributed by atoms with Crippen LogP contribution in [0.2, 0.25) is 0 Å². The molecule has 0 aliphatic heterocycles. The van der Waals surface area contributed by atoms with Gasteiger partial charge in [-0.25, -0.2) is 0 Å². The van der Waals surface area contributed by atoms with E-state index >= 15 is 0 Å². The number of hydrogen-bond donors (Lipinski definition) is 2. The maximum atomic E-state index is 6.16. The zero-order valence-electron chi connectivity index (χ0n) is 13.4. The highest BCUT2D eigenvalue weighted by Gasteiger charge is 2.16. The van der Waals surface area contributed by atoms with Gasteiger partial charge >= 0.3 is 0 Å². The number of H-pyrrole nitrogens is 1. The van der Waals surface area contributed by atoms with Crippen LogP contribution >= 0.6 is 0 Å². The molecule has 0 spiro atoms. The highest BCUT2D eigenvalue weighted by molar-refractivity contribution is 5.62. The minimum Gasteiger partial charge on any atom is -0.484 e. The van der Waals surface area contributed by atoms with Gasteiger partial charge in [-0.05, 0) is 43.2 Å². The number of hydrogen-bond acceptors (Lipinski definition) is 3. The van der Waals surface area contributed by atoms with Crippen molar-refractivity contribution in [3.63, 3.8) is 0 Å². The van der Waals surface area contributed by atoms with Crippen LogP contribution < -0.4 is 10.5 Å². The molecule has 118 valence electrons. The van der Waals surface area contributed by atoms with Crippen molar-refractivity contribution in [3.8, 4) is 17.0 Å². The number of ether oxygens (including phenoxy) is 1. The van der Waals surface area contributed by atoms with Gasteiger partial charge in [0.05, 0.1) is 11.4 Å². The Morgan fingerprint density at radius 3 is 2.57 bits per heavy atom. The summed E-state index contributed by atoms with van der Waals surface area (Å²) in [4.78, 5) is 0. The van der Waals surface area contributed by atoms with Crippen LogP contribution in [0.4, 0.5) is 5.69 Å². The average molecular weight is 307 g/mol. The molecule has 0 aliphatic rings. The molecule has 1 atom stereocenters. The number of anilines is 1. The van der Waals surface area contributed by atoms with Crippen LogP contribution in [0.25, 0.3) is 11.3 Å². The van der Waals surface area contributed by atoms with Crippen LogP contribution in [0.1, 0.15) is 30.7 Å². The first-order chi connectivity index (χ1) is 11.2. The monoisotopic (exact) mass is 307 g/mol. The predicted octanol–water partition coefficient (Wildman–Crippen LogP) is 4.50. The van der Waals surface area contributed by atoms with E-state index < -0.39 is 0 Å². The molecule has 23 heavy (non-hydrogen) atoms. The second kappa shape index (κ2) is 6.57. The lowest BCUT2D eigenvalue weighted by Gasteiger charge is -2.17. The van der Waals surface area contributed by atoms with Crippen molar-refractivity contribution in [2.45, 2.75) is 26.4 Å². The third kappa shape index (κ3) is 3.37. The summed E-state index contributed by atoms with van der Waals surface area (Å²) in [5, 5.41) is 7.51. The number of nitrogens with one attached hydrogen (secondary N) is 1. The molecule has 0 bridgehead atoms. The fourth-order valence-electron chi connectivity index (χ4n) is 2.51. The van der Waals surface area contributed by atoms with E-state index in [1.165, 1.54) is 0 Å². The third-order valence-corrected chi connectivity index (χ3v) is 3.88. The molecule has 0 saturated carbocycles. The van der Waals surface area contributed by atoms with Crippen LogP contribution in [0.15, 0.2) is 54.6 Å². The van der Waals surface area contributed by atoms with E-state index in [1.807, 2.05) is 48.5 Å². The van der Waals surface area contributed by atoms with E-state index in [1.54, 1.807) is 0 Å². The van der Waals surface area contributed by atoms with E-state index in [4.69, 9.17) is 10.5 Å². The summed E-state index contributed by atoms with van der Waals surface area (Å²) in [7, 11) is 0. The van der Waals surface area contributed by atoms with Crippen molar-refractivity contribution in [1.82, 2.24) is 10.2 Å². The van der Waals surface area contributed by atoms with Crippen LogP contribution in [0.5, 0.6) is 5.75 Å². The smallest absolute Gasteiger partial charge is 0.140 e. The first-order valence-electron chi connectivity index (χ1n) is 7.81. The maximum absolute atomic E-state index is 6.16. The van der Waals surface area contributed by atoms with Crippen molar-refractivity contribution < 1.29 is 4.74 Å². The summed E-state index contributed by atoms with van der Waals surface area (Å²) in [6.07, 6.45) is 0.809. The molecule has 0 saturated heterocycles. The molecule has 0 radical (unpaired) electrons. The molecule has 4 heteroatoms. The molecule has 4 nitrogen and oxygen atoms in total. The molecular weight excluding hydrogens is 286 g/mol. The van der Waals surface area contributed by atoms with E-state index in [9.17, 15) is 0 Å². The van der Waals surface area contributed by atoms with Gasteiger partial charge in [0, 0.05) is 11.3 Å². The van der Waals surface area contributed by atoms with E-state index in [-0.39, 0.29) is 6.10 Å². The zero-order chi connectivity index (χ0) is 16.2. The average Bonchev–Trinajstić information content (AvgIpc) is 3.04. The normalized spacial score (nSPS) is 12.1. The highest BCUT2D eigenvalue weighted by atomic mass is 16.5. The Morgan fingerprint density at radius 1 is 1.13 bits per heavy atom. The summed E-state index contributed by atoms with van der Waals surface area (Å²) >= 11 is 0. The zero-order valence-corrected chi connectivity index (χ0v) is 13.4. The van der Waals surface area contributed by atoms with Crippen molar-refractivity contribution in [3.05, 3.63) is 65.9 Å². The van der Waals surface area contributed by atoms with Crippen molar-refractivity contribution in [2.24, 2.45) is 0 Å². The first-order valence-corrected chi connectivity index (χ1v) is 7.81. The number of aromatic nitrogens is 2. The van der Waals surface area contributed by atoms with Gasteiger partial charge in [0.2, 0.25) is 0 Å². The number of nitrogen functional groups attached to an aromatic ring is 1. The number of nitrogens with two attached hydrogens (primary N) is 1. The molecule has 1 heterocycles. The largest absolute Gasteiger partial charge is 0.484 e. The molecule has 1 unspecified atom stereocenters. The first kappa shape index (κ1) is 15.2. The second-order valence-corrected chi connectivity index (χ2v) is 5.61. The lowest BCUT2D eigenvalue weighted by molar-refractivity contribution is 0.195. The SMILES string of the molecule is CCC(Oc1ccccc1C)c1cc(-c2ccc(N)cc2)n[nH]1. The highest BCUT2D eigenvalue weighted by Crippen LogP contribution is 2.28. The Hall–Kier alpha value is -2.75. The van der Waals surface area contributed by atoms with Crippen LogP contribution in [-0.4, -0.2) is 10.2 Å². The Bertz CT molecular complexity index is 777. The number of benzene rings is 2. The standard InChI is InChI=1S/C19H21N3O/c1-3-18(23-19-7-5-4-6-13(19)2)17-12-16(21-22-17)14-8-10-15(20)11-9-14/h4-12,18H,3,20H2,1-2H3,(H,21,22). The van der Waals surface area contributed by atoms with E-state index in [2.05, 4.69) is 30.1 Å². The Balaban J connectivity index is 1.82. The van der Waals surface area contributed by atoms with Crippen molar-refractivity contribution in [1.29, 1.82) is 0 Å². The quantitative estimate of drug-likeness (QED) is 0.682. The summed E-state index contributed by atoms with van der Waals surface area (Å²) in [5.74, 6) is 0.906. The fourth-order valence-corrected chi connectivity index (χ4v) is 2.51. The van der Waals surface area contributed by atoms with Gasteiger partial charge < -0.3 is 10.5 Å². The number of para-hydroxylation sites is 1. The van der Waals surface area contributed by atoms with Gasteiger partial charge in [0.1, 0.15) is 11.9 Å². The molecular formula is C19H21N3O. The molecule has 3 N–H and O–H groups in total. The molecule has 3 aromatic rings. The van der Waals surface area contributed by atoms with Gasteiger partial charge in [-0.3, -0.25) is 5.10 Å². The van der Waals surface area contributed by atoms with Crippen LogP contribution in [0, 0.1) is 6.92 Å². The van der Waals surface area contributed by atoms with Crippen molar-refractivity contribution >= 4 is 5.69 Å². The van der Waals surface area contributed by atoms with Gasteiger partial charge in [-0.2, -0.15) is 5.10 Å². The second-order valence-electron chi connectivity index (χ2n) is 5.61. The van der Waals surface area contributed by atoms with Gasteiger partial charge in [0.25, 0.3) is 0 Å². The Labute approximate surface area is 136 Å². The Kier molecular flexibility index (Phi) is 4.33. The van der Waals surface area contributed by atoms with Gasteiger partial charge in [0.15, 0.2) is 0 Å². The van der Waals surface area contributed by atoms with Crippen LogP contribution in [0.3, 0.4) is 0 Å². The van der Waals surface area contributed by atoms with E-state index in [0.29, 0.717) is 0 Å². The predicted molar refractivity (Wildman–Crippen MR) is 93.3 cm³/mol. The lowest BCUT2D eigenvalue weighted by Crippen LogP contribution is -2.07. The molecule has 0 fully saturated rings. The summed E-state index contributed by atoms with van der Waals surface area (Å²) in [6.45, 7) is 4.15. The van der Waals surface area contributed by atoms with Crippen LogP contribution in [-0.2, 0) is 0 Å². The summed E-state index contributed by atoms with van der Waals surface area (Å²) in [6, 6.07) is 17.8. The van der Waals surface area contributed by atoms with E-state index in [0.717, 1.165) is 40.4 Å². The van der Waals surface area contributed by atoms with Crippen molar-refractivity contribution in [2.75, 3.05) is 5.73 Å². The Morgan fingerprint density at radius 2 is 1.87 bits per heavy atom. The maximum Gasteiger partial charge on any atom is 0.140 e. The number of rotatable bonds is 5. The van der Waals surface area contributed by atoms with Gasteiger partial charge in [-0.15, -0.1) is 0 Å². The van der Waals surface area contributed by atoms with Gasteiger partial charge in [-0.1, -0.05) is 37.3 Å². The minimum atomic E-state index is -0.0499. The minimum absolute atomic E-state index is 0.0499. The fraction of sp³-hybridized carbons (Fsp3) is 0.211. The molecule has 2 aromatic carbocycles. The third-order valence-electron chi connectivity index (χ3n) is 3.88. The molecule has 0 amide bonds. The summed E-state index contributed by atoms with van der Waals surface area (Å²) in [5.41, 5.74) is 10.5. The number of aryl methyl sites for hydroxylation is 1. The number of nitrogens with zero attached hydrogens (tertiary/aromatic N) is 1.